The lowest BCUT2D eigenvalue weighted by molar-refractivity contribution is -0.117. The number of anilines is 1. The van der Waals surface area contributed by atoms with Crippen LogP contribution < -0.4 is 10.0 Å². The van der Waals surface area contributed by atoms with Crippen molar-refractivity contribution in [2.75, 3.05) is 11.4 Å². The summed E-state index contributed by atoms with van der Waals surface area (Å²) < 4.78 is 3.43. The molecule has 0 saturated carbocycles. The van der Waals surface area contributed by atoms with E-state index in [2.05, 4.69) is 63.1 Å². The van der Waals surface area contributed by atoms with Gasteiger partial charge in [-0.1, -0.05) is 18.2 Å². The molecule has 3 N–H and O–H groups in total. The van der Waals surface area contributed by atoms with E-state index >= 15 is 0 Å². The number of aromatic amines is 1. The number of primary amides is 1. The fourth-order valence-electron chi connectivity index (χ4n) is 2.81. The van der Waals surface area contributed by atoms with Gasteiger partial charge < -0.3 is 15.0 Å². The van der Waals surface area contributed by atoms with Crippen molar-refractivity contribution in [2.45, 2.75) is 17.1 Å². The van der Waals surface area contributed by atoms with Crippen LogP contribution in [0.3, 0.4) is 0 Å². The van der Waals surface area contributed by atoms with E-state index in [4.69, 9.17) is 5.73 Å². The fourth-order valence-corrected chi connectivity index (χ4v) is 5.48. The number of carbonyl (C=O) groups excluding carboxylic acids is 1. The molecule has 4 rings (SSSR count). The predicted octanol–water partition coefficient (Wildman–Crippen LogP) is 4.91. The molecule has 0 unspecified atom stereocenters. The number of fused-ring (bicyclic) bond motifs is 1. The van der Waals surface area contributed by atoms with Gasteiger partial charge in [0.15, 0.2) is 0 Å². The van der Waals surface area contributed by atoms with Gasteiger partial charge in [0, 0.05) is 29.9 Å². The highest BCUT2D eigenvalue weighted by Gasteiger charge is 2.14. The second kappa shape index (κ2) is 7.75. The van der Waals surface area contributed by atoms with E-state index in [-0.39, 0.29) is 5.91 Å². The summed E-state index contributed by atoms with van der Waals surface area (Å²) in [4.78, 5) is 20.1. The normalized spacial score (nSPS) is 11.1. The van der Waals surface area contributed by atoms with E-state index in [0.29, 0.717) is 12.8 Å². The number of nitrogens with zero attached hydrogens (tertiary/aromatic N) is 2. The van der Waals surface area contributed by atoms with Crippen LogP contribution in [0.15, 0.2) is 52.2 Å². The zero-order chi connectivity index (χ0) is 18.8. The number of H-pyrrole nitrogens is 1. The average molecular weight is 415 g/mol. The lowest BCUT2D eigenvalue weighted by atomic mass is 10.2. The number of para-hydroxylation sites is 1. The third-order valence-corrected chi connectivity index (χ3v) is 7.15. The van der Waals surface area contributed by atoms with Gasteiger partial charge in [0.1, 0.15) is 5.01 Å². The van der Waals surface area contributed by atoms with Gasteiger partial charge in [0.2, 0.25) is 5.91 Å². The van der Waals surface area contributed by atoms with Crippen molar-refractivity contribution in [3.05, 3.63) is 52.9 Å². The minimum Gasteiger partial charge on any atom is -0.370 e. The summed E-state index contributed by atoms with van der Waals surface area (Å²) in [7, 11) is 2.07. The number of aryl methyl sites for hydroxylation is 1. The minimum atomic E-state index is -0.286. The number of nitrogens with one attached hydrogen (secondary N) is 1. The summed E-state index contributed by atoms with van der Waals surface area (Å²) in [6, 6.07) is 12.6. The van der Waals surface area contributed by atoms with E-state index in [0.717, 1.165) is 32.2 Å². The van der Waals surface area contributed by atoms with Crippen molar-refractivity contribution in [3.63, 3.8) is 0 Å². The third kappa shape index (κ3) is 4.02. The molecule has 1 amide bonds. The lowest BCUT2D eigenvalue weighted by Crippen LogP contribution is -2.10. The van der Waals surface area contributed by atoms with Crippen LogP contribution in [0, 0.1) is 0 Å². The van der Waals surface area contributed by atoms with Gasteiger partial charge in [0.25, 0.3) is 0 Å². The molecule has 0 bridgehead atoms. The van der Waals surface area contributed by atoms with E-state index in [1.165, 1.54) is 4.21 Å². The Morgan fingerprint density at radius 2 is 2.22 bits per heavy atom. The summed E-state index contributed by atoms with van der Waals surface area (Å²) in [5, 5.41) is 4.15. The highest BCUT2D eigenvalue weighted by Crippen LogP contribution is 2.36. The fraction of sp³-hybridized carbons (Fsp3) is 0.158. The van der Waals surface area contributed by atoms with Crippen molar-refractivity contribution in [3.8, 4) is 10.7 Å². The first-order chi connectivity index (χ1) is 13.1. The van der Waals surface area contributed by atoms with Gasteiger partial charge in [-0.15, -0.1) is 22.7 Å². The number of amides is 1. The van der Waals surface area contributed by atoms with Crippen LogP contribution in [0.2, 0.25) is 0 Å². The van der Waals surface area contributed by atoms with Crippen LogP contribution in [-0.2, 0) is 11.2 Å². The smallest absolute Gasteiger partial charge is 0.217 e. The standard InChI is InChI=1S/C19H18N4OS3/c1-23(27-17-6-3-9-25-17)15-5-2-4-12-10-14(22-18(12)15)19-21-11-13(26-19)7-8-16(20)24/h2-6,9-11,22H,7-8H2,1H3,(H2,20,24). The van der Waals surface area contributed by atoms with Crippen LogP contribution in [-0.4, -0.2) is 22.9 Å². The van der Waals surface area contributed by atoms with Crippen molar-refractivity contribution in [1.82, 2.24) is 9.97 Å². The van der Waals surface area contributed by atoms with Gasteiger partial charge in [0.05, 0.1) is 21.1 Å². The predicted molar refractivity (Wildman–Crippen MR) is 116 cm³/mol. The molecule has 0 radical (unpaired) electrons. The Labute approximate surface area is 169 Å². The van der Waals surface area contributed by atoms with Crippen molar-refractivity contribution in [2.24, 2.45) is 5.73 Å². The number of thiazole rings is 1. The Morgan fingerprint density at radius 1 is 1.33 bits per heavy atom. The van der Waals surface area contributed by atoms with Crippen LogP contribution >= 0.6 is 34.6 Å². The second-order valence-electron chi connectivity index (χ2n) is 6.04. The Bertz CT molecular complexity index is 1070. The third-order valence-electron chi connectivity index (χ3n) is 4.10. The maximum atomic E-state index is 11.0. The second-order valence-corrected chi connectivity index (χ2v) is 9.53. The van der Waals surface area contributed by atoms with Crippen LogP contribution in [0.4, 0.5) is 5.69 Å². The zero-order valence-corrected chi connectivity index (χ0v) is 17.1. The first kappa shape index (κ1) is 18.1. The molecule has 0 saturated heterocycles. The topological polar surface area (TPSA) is 75.0 Å². The summed E-state index contributed by atoms with van der Waals surface area (Å²) in [6.07, 6.45) is 2.82. The van der Waals surface area contributed by atoms with Crippen molar-refractivity contribution >= 4 is 57.1 Å². The van der Waals surface area contributed by atoms with Crippen molar-refractivity contribution in [1.29, 1.82) is 0 Å². The molecular formula is C19H18N4OS3. The molecule has 3 heterocycles. The van der Waals surface area contributed by atoms with Crippen LogP contribution in [0.1, 0.15) is 11.3 Å². The van der Waals surface area contributed by atoms with Crippen LogP contribution in [0.25, 0.3) is 21.6 Å². The quantitative estimate of drug-likeness (QED) is 0.421. The number of rotatable bonds is 7. The van der Waals surface area contributed by atoms with E-state index in [1.807, 2.05) is 6.20 Å². The highest BCUT2D eigenvalue weighted by atomic mass is 32.2. The molecule has 0 aliphatic heterocycles. The molecule has 27 heavy (non-hydrogen) atoms. The molecule has 0 fully saturated rings. The van der Waals surface area contributed by atoms with Crippen LogP contribution in [0.5, 0.6) is 0 Å². The van der Waals surface area contributed by atoms with E-state index in [9.17, 15) is 4.79 Å². The molecule has 4 aromatic rings. The van der Waals surface area contributed by atoms with Gasteiger partial charge in [-0.05, 0) is 41.9 Å². The zero-order valence-electron chi connectivity index (χ0n) is 14.6. The van der Waals surface area contributed by atoms with Gasteiger partial charge in [-0.2, -0.15) is 0 Å². The Hall–Kier alpha value is -2.29. The molecule has 0 atom stereocenters. The number of carbonyl (C=O) groups is 1. The number of hydrogen-bond acceptors (Lipinski definition) is 6. The summed E-state index contributed by atoms with van der Waals surface area (Å²) in [5.74, 6) is -0.286. The van der Waals surface area contributed by atoms with E-state index in [1.54, 1.807) is 34.6 Å². The van der Waals surface area contributed by atoms with Gasteiger partial charge >= 0.3 is 0 Å². The highest BCUT2D eigenvalue weighted by molar-refractivity contribution is 8.02. The Kier molecular flexibility index (Phi) is 5.20. The summed E-state index contributed by atoms with van der Waals surface area (Å²) >= 11 is 5.04. The monoisotopic (exact) mass is 414 g/mol. The Balaban J connectivity index is 1.62. The van der Waals surface area contributed by atoms with Gasteiger partial charge in [-0.3, -0.25) is 4.79 Å². The number of benzene rings is 1. The summed E-state index contributed by atoms with van der Waals surface area (Å²) in [6.45, 7) is 0. The number of aromatic nitrogens is 2. The molecule has 138 valence electrons. The molecular weight excluding hydrogens is 396 g/mol. The number of hydrogen-bond donors (Lipinski definition) is 2. The van der Waals surface area contributed by atoms with E-state index < -0.39 is 0 Å². The first-order valence-corrected chi connectivity index (χ1v) is 10.9. The Morgan fingerprint density at radius 3 is 3.00 bits per heavy atom. The number of thiophene rings is 1. The van der Waals surface area contributed by atoms with Crippen molar-refractivity contribution < 1.29 is 4.79 Å². The molecule has 3 aromatic heterocycles. The maximum Gasteiger partial charge on any atom is 0.217 e. The first-order valence-electron chi connectivity index (χ1n) is 8.40. The lowest BCUT2D eigenvalue weighted by Gasteiger charge is -2.17. The summed E-state index contributed by atoms with van der Waals surface area (Å²) in [5.41, 5.74) is 8.44. The van der Waals surface area contributed by atoms with Gasteiger partial charge in [-0.25, -0.2) is 4.98 Å². The average Bonchev–Trinajstić information content (AvgIpc) is 3.38. The molecule has 0 spiro atoms. The molecule has 0 aliphatic carbocycles. The molecule has 0 aliphatic rings. The maximum absolute atomic E-state index is 11.0. The SMILES string of the molecule is CN(Sc1cccs1)c1cccc2cc(-c3ncc(CCC(N)=O)s3)[nH]c12. The molecule has 1 aromatic carbocycles. The molecule has 8 heteroatoms. The largest absolute Gasteiger partial charge is 0.370 e. The number of nitrogens with two attached hydrogens (primary N) is 1. The molecule has 5 nitrogen and oxygen atoms in total. The minimum absolute atomic E-state index is 0.286.